The van der Waals surface area contributed by atoms with Gasteiger partial charge in [-0.15, -0.1) is 11.3 Å². The molecule has 0 unspecified atom stereocenters. The second-order valence-corrected chi connectivity index (χ2v) is 7.41. The number of benzene rings is 1. The molecule has 0 saturated heterocycles. The van der Waals surface area contributed by atoms with E-state index in [2.05, 4.69) is 10.3 Å². The molecule has 1 heterocycles. The van der Waals surface area contributed by atoms with Crippen molar-refractivity contribution in [2.45, 2.75) is 26.7 Å². The molecule has 128 valence electrons. The summed E-state index contributed by atoms with van der Waals surface area (Å²) in [5.41, 5.74) is 1.58. The van der Waals surface area contributed by atoms with Gasteiger partial charge in [0.2, 0.25) is 0 Å². The van der Waals surface area contributed by atoms with E-state index >= 15 is 0 Å². The van der Waals surface area contributed by atoms with Gasteiger partial charge >= 0.3 is 0 Å². The summed E-state index contributed by atoms with van der Waals surface area (Å²) in [4.78, 5) is 31.1. The summed E-state index contributed by atoms with van der Waals surface area (Å²) in [6, 6.07) is 4.86. The summed E-state index contributed by atoms with van der Waals surface area (Å²) >= 11 is 7.47. The van der Waals surface area contributed by atoms with Crippen molar-refractivity contribution in [1.29, 1.82) is 0 Å². The molecule has 1 aromatic heterocycles. The third-order valence-corrected chi connectivity index (χ3v) is 5.16. The first kappa shape index (κ1) is 18.4. The number of halogens is 1. The predicted octanol–water partition coefficient (Wildman–Crippen LogP) is 4.18. The third kappa shape index (κ3) is 3.94. The molecule has 0 aliphatic heterocycles. The largest absolute Gasteiger partial charge is 0.345 e. The minimum atomic E-state index is -0.234. The molecule has 0 atom stereocenters. The van der Waals surface area contributed by atoms with Crippen LogP contribution in [0.25, 0.3) is 0 Å². The van der Waals surface area contributed by atoms with Gasteiger partial charge in [-0.25, -0.2) is 4.98 Å². The van der Waals surface area contributed by atoms with Gasteiger partial charge in [0.05, 0.1) is 21.3 Å². The molecule has 0 radical (unpaired) electrons. The highest BCUT2D eigenvalue weighted by atomic mass is 35.5. The van der Waals surface area contributed by atoms with Crippen molar-refractivity contribution >= 4 is 40.4 Å². The van der Waals surface area contributed by atoms with E-state index in [0.717, 1.165) is 5.01 Å². The highest BCUT2D eigenvalue weighted by molar-refractivity contribution is 7.14. The van der Waals surface area contributed by atoms with Crippen LogP contribution in [0.5, 0.6) is 0 Å². The minimum Gasteiger partial charge on any atom is -0.345 e. The fourth-order valence-corrected chi connectivity index (χ4v) is 3.23. The molecule has 24 heavy (non-hydrogen) atoms. The molecule has 2 aromatic rings. The summed E-state index contributed by atoms with van der Waals surface area (Å²) in [6.45, 7) is 5.90. The second-order valence-electron chi connectivity index (χ2n) is 5.97. The number of nitrogens with one attached hydrogen (secondary N) is 1. The quantitative estimate of drug-likeness (QED) is 0.883. The van der Waals surface area contributed by atoms with Gasteiger partial charge in [-0.05, 0) is 25.1 Å². The van der Waals surface area contributed by atoms with Gasteiger partial charge in [-0.3, -0.25) is 9.59 Å². The summed E-state index contributed by atoms with van der Waals surface area (Å²) in [7, 11) is 3.30. The van der Waals surface area contributed by atoms with Crippen LogP contribution in [-0.4, -0.2) is 35.8 Å². The second kappa shape index (κ2) is 7.32. The van der Waals surface area contributed by atoms with Crippen LogP contribution in [0.3, 0.4) is 0 Å². The Morgan fingerprint density at radius 3 is 2.50 bits per heavy atom. The minimum absolute atomic E-state index is 0.216. The Morgan fingerprint density at radius 2 is 1.96 bits per heavy atom. The Bertz CT molecular complexity index is 784. The van der Waals surface area contributed by atoms with Gasteiger partial charge < -0.3 is 10.2 Å². The van der Waals surface area contributed by atoms with E-state index in [-0.39, 0.29) is 17.7 Å². The predicted molar refractivity (Wildman–Crippen MR) is 98.4 cm³/mol. The third-order valence-electron chi connectivity index (χ3n) is 3.37. The van der Waals surface area contributed by atoms with E-state index in [0.29, 0.717) is 26.8 Å². The average Bonchev–Trinajstić information content (AvgIpc) is 2.90. The normalized spacial score (nSPS) is 10.8. The van der Waals surface area contributed by atoms with E-state index in [4.69, 9.17) is 11.6 Å². The molecule has 0 aliphatic carbocycles. The Morgan fingerprint density at radius 1 is 1.29 bits per heavy atom. The average molecular weight is 366 g/mol. The molecule has 0 aliphatic rings. The zero-order valence-corrected chi connectivity index (χ0v) is 15.9. The maximum Gasteiger partial charge on any atom is 0.267 e. The van der Waals surface area contributed by atoms with Crippen molar-refractivity contribution in [1.82, 2.24) is 9.88 Å². The molecule has 7 heteroatoms. The highest BCUT2D eigenvalue weighted by Crippen LogP contribution is 2.26. The Balaban J connectivity index is 2.26. The smallest absolute Gasteiger partial charge is 0.267 e. The lowest BCUT2D eigenvalue weighted by molar-refractivity contribution is 0.0827. The molecule has 0 saturated carbocycles. The number of aromatic nitrogens is 1. The number of aryl methyl sites for hydroxylation is 1. The van der Waals surface area contributed by atoms with E-state index < -0.39 is 0 Å². The van der Waals surface area contributed by atoms with Crippen LogP contribution >= 0.6 is 22.9 Å². The highest BCUT2D eigenvalue weighted by Gasteiger charge is 2.18. The zero-order valence-electron chi connectivity index (χ0n) is 14.3. The zero-order chi connectivity index (χ0) is 18.0. The Kier molecular flexibility index (Phi) is 5.62. The topological polar surface area (TPSA) is 62.3 Å². The van der Waals surface area contributed by atoms with Gasteiger partial charge in [0.1, 0.15) is 4.88 Å². The van der Waals surface area contributed by atoms with E-state index in [1.807, 2.05) is 20.8 Å². The van der Waals surface area contributed by atoms with Crippen molar-refractivity contribution < 1.29 is 9.59 Å². The monoisotopic (exact) mass is 365 g/mol. The summed E-state index contributed by atoms with van der Waals surface area (Å²) < 4.78 is 0. The van der Waals surface area contributed by atoms with Crippen LogP contribution in [0, 0.1) is 6.92 Å². The molecule has 0 fully saturated rings. The lowest BCUT2D eigenvalue weighted by atomic mass is 10.1. The maximum absolute atomic E-state index is 12.5. The van der Waals surface area contributed by atoms with Crippen molar-refractivity contribution in [3.05, 3.63) is 44.4 Å². The first-order valence-corrected chi connectivity index (χ1v) is 8.70. The summed E-state index contributed by atoms with van der Waals surface area (Å²) in [6.07, 6.45) is 0. The van der Waals surface area contributed by atoms with Gasteiger partial charge in [0, 0.05) is 25.7 Å². The SMILES string of the molecule is Cc1nc(C(C)C)sc1C(=O)Nc1ccc(Cl)c(C(=O)N(C)C)c1. The van der Waals surface area contributed by atoms with Gasteiger partial charge in [0.15, 0.2) is 0 Å². The molecular weight excluding hydrogens is 346 g/mol. The number of carbonyl (C=O) groups excluding carboxylic acids is 2. The fourth-order valence-electron chi connectivity index (χ4n) is 2.07. The standard InChI is InChI=1S/C17H20ClN3O2S/c1-9(2)16-19-10(3)14(24-16)15(22)20-11-6-7-13(18)12(8-11)17(23)21(4)5/h6-9H,1-5H3,(H,20,22). The van der Waals surface area contributed by atoms with Crippen molar-refractivity contribution in [3.63, 3.8) is 0 Å². The van der Waals surface area contributed by atoms with E-state index in [9.17, 15) is 9.59 Å². The number of thiazole rings is 1. The van der Waals surface area contributed by atoms with Crippen LogP contribution < -0.4 is 5.32 Å². The molecule has 1 N–H and O–H groups in total. The number of hydrogen-bond acceptors (Lipinski definition) is 4. The fraction of sp³-hybridized carbons (Fsp3) is 0.353. The van der Waals surface area contributed by atoms with Gasteiger partial charge in [0.25, 0.3) is 11.8 Å². The lowest BCUT2D eigenvalue weighted by Crippen LogP contribution is -2.22. The number of hydrogen-bond donors (Lipinski definition) is 1. The Labute approximate surface area is 150 Å². The molecule has 5 nitrogen and oxygen atoms in total. The number of nitrogens with zero attached hydrogens (tertiary/aromatic N) is 2. The van der Waals surface area contributed by atoms with Crippen LogP contribution in [0.1, 0.15) is 50.5 Å². The van der Waals surface area contributed by atoms with Crippen molar-refractivity contribution in [3.8, 4) is 0 Å². The van der Waals surface area contributed by atoms with Crippen LogP contribution in [0.2, 0.25) is 5.02 Å². The number of amides is 2. The van der Waals surface area contributed by atoms with Gasteiger partial charge in [-0.1, -0.05) is 25.4 Å². The van der Waals surface area contributed by atoms with E-state index in [1.54, 1.807) is 32.3 Å². The summed E-state index contributed by atoms with van der Waals surface area (Å²) in [5, 5.41) is 4.09. The van der Waals surface area contributed by atoms with Gasteiger partial charge in [-0.2, -0.15) is 0 Å². The first-order chi connectivity index (χ1) is 11.2. The Hall–Kier alpha value is -1.92. The van der Waals surface area contributed by atoms with E-state index in [1.165, 1.54) is 16.2 Å². The molecule has 2 amide bonds. The number of rotatable bonds is 4. The molecule has 0 spiro atoms. The van der Waals surface area contributed by atoms with Crippen molar-refractivity contribution in [2.24, 2.45) is 0 Å². The lowest BCUT2D eigenvalue weighted by Gasteiger charge is -2.13. The first-order valence-electron chi connectivity index (χ1n) is 7.50. The molecule has 2 rings (SSSR count). The molecule has 0 bridgehead atoms. The number of anilines is 1. The molecular formula is C17H20ClN3O2S. The van der Waals surface area contributed by atoms with Crippen LogP contribution in [-0.2, 0) is 0 Å². The molecule has 1 aromatic carbocycles. The number of carbonyl (C=O) groups is 2. The van der Waals surface area contributed by atoms with Crippen LogP contribution in [0.4, 0.5) is 5.69 Å². The van der Waals surface area contributed by atoms with Crippen molar-refractivity contribution in [2.75, 3.05) is 19.4 Å². The van der Waals surface area contributed by atoms with Crippen LogP contribution in [0.15, 0.2) is 18.2 Å². The maximum atomic E-state index is 12.5. The summed E-state index contributed by atoms with van der Waals surface area (Å²) in [5.74, 6) is -0.176.